The molecule has 6 nitrogen and oxygen atoms in total. The molecule has 2 aromatic carbocycles. The van der Waals surface area contributed by atoms with Crippen molar-refractivity contribution in [3.8, 4) is 5.75 Å². The van der Waals surface area contributed by atoms with Crippen LogP contribution in [-0.4, -0.2) is 34.5 Å². The molecule has 0 spiro atoms. The SMILES string of the molecule is Cc1ccc(C)n1NC(=O)c1ccc(O[C@H](C)C(=O)N(C)Cc2ccccc2)cc1. The number of aryl methyl sites for hydroxylation is 2. The number of likely N-dealkylation sites (N-methyl/N-ethyl adjacent to an activating group) is 1. The van der Waals surface area contributed by atoms with Crippen LogP contribution in [-0.2, 0) is 11.3 Å². The summed E-state index contributed by atoms with van der Waals surface area (Å²) in [7, 11) is 1.76. The minimum absolute atomic E-state index is 0.112. The lowest BCUT2D eigenvalue weighted by Gasteiger charge is -2.22. The van der Waals surface area contributed by atoms with Crippen LogP contribution in [0.2, 0.25) is 0 Å². The minimum Gasteiger partial charge on any atom is -0.481 e. The molecule has 0 aliphatic carbocycles. The number of ether oxygens (including phenoxy) is 1. The largest absolute Gasteiger partial charge is 0.481 e. The van der Waals surface area contributed by atoms with Gasteiger partial charge < -0.3 is 9.64 Å². The molecule has 0 saturated carbocycles. The van der Waals surface area contributed by atoms with E-state index in [1.54, 1.807) is 47.8 Å². The summed E-state index contributed by atoms with van der Waals surface area (Å²) in [5.41, 5.74) is 6.34. The summed E-state index contributed by atoms with van der Waals surface area (Å²) in [4.78, 5) is 26.7. The van der Waals surface area contributed by atoms with Crippen LogP contribution in [0.4, 0.5) is 0 Å². The molecule has 1 atom stereocenters. The fourth-order valence-corrected chi connectivity index (χ4v) is 3.20. The van der Waals surface area contributed by atoms with Crippen molar-refractivity contribution in [3.05, 3.63) is 89.2 Å². The maximum Gasteiger partial charge on any atom is 0.270 e. The van der Waals surface area contributed by atoms with Gasteiger partial charge in [-0.1, -0.05) is 30.3 Å². The highest BCUT2D eigenvalue weighted by Gasteiger charge is 2.19. The Hall–Kier alpha value is -3.54. The van der Waals surface area contributed by atoms with Crippen molar-refractivity contribution >= 4 is 11.8 Å². The number of rotatable bonds is 7. The van der Waals surface area contributed by atoms with E-state index in [1.807, 2.05) is 56.3 Å². The number of carbonyl (C=O) groups is 2. The van der Waals surface area contributed by atoms with Crippen LogP contribution in [0.15, 0.2) is 66.7 Å². The molecule has 0 unspecified atom stereocenters. The molecule has 1 N–H and O–H groups in total. The molecule has 0 saturated heterocycles. The minimum atomic E-state index is -0.636. The number of hydrogen-bond donors (Lipinski definition) is 1. The highest BCUT2D eigenvalue weighted by Crippen LogP contribution is 2.16. The van der Waals surface area contributed by atoms with Gasteiger partial charge in [0.15, 0.2) is 6.10 Å². The zero-order chi connectivity index (χ0) is 21.7. The molecule has 6 heteroatoms. The second-order valence-electron chi connectivity index (χ2n) is 7.36. The van der Waals surface area contributed by atoms with Crippen LogP contribution in [0, 0.1) is 13.8 Å². The number of aromatic nitrogens is 1. The Morgan fingerprint density at radius 2 is 1.57 bits per heavy atom. The molecule has 30 heavy (non-hydrogen) atoms. The monoisotopic (exact) mass is 405 g/mol. The van der Waals surface area contributed by atoms with Crippen molar-refractivity contribution in [3.63, 3.8) is 0 Å². The highest BCUT2D eigenvalue weighted by atomic mass is 16.5. The summed E-state index contributed by atoms with van der Waals surface area (Å²) in [5.74, 6) is 0.212. The topological polar surface area (TPSA) is 63.6 Å². The Morgan fingerprint density at radius 3 is 2.17 bits per heavy atom. The molecule has 0 aliphatic heterocycles. The maximum atomic E-state index is 12.6. The summed E-state index contributed by atoms with van der Waals surface area (Å²) in [6.45, 7) is 6.10. The molecule has 0 fully saturated rings. The first-order valence-electron chi connectivity index (χ1n) is 9.87. The molecule has 3 aromatic rings. The zero-order valence-corrected chi connectivity index (χ0v) is 17.8. The maximum absolute atomic E-state index is 12.6. The Morgan fingerprint density at radius 1 is 0.967 bits per heavy atom. The third-order valence-corrected chi connectivity index (χ3v) is 4.90. The smallest absolute Gasteiger partial charge is 0.270 e. The molecule has 0 bridgehead atoms. The van der Waals surface area contributed by atoms with E-state index in [0.717, 1.165) is 17.0 Å². The summed E-state index contributed by atoms with van der Waals surface area (Å²) in [6.07, 6.45) is -0.636. The lowest BCUT2D eigenvalue weighted by Crippen LogP contribution is -2.37. The molecule has 156 valence electrons. The third-order valence-electron chi connectivity index (χ3n) is 4.90. The number of carbonyl (C=O) groups excluding carboxylic acids is 2. The van der Waals surface area contributed by atoms with Gasteiger partial charge in [-0.25, -0.2) is 0 Å². The summed E-state index contributed by atoms with van der Waals surface area (Å²) in [6, 6.07) is 20.5. The van der Waals surface area contributed by atoms with Crippen molar-refractivity contribution in [1.29, 1.82) is 0 Å². The Kier molecular flexibility index (Phi) is 6.57. The van der Waals surface area contributed by atoms with Crippen LogP contribution in [0.25, 0.3) is 0 Å². The third kappa shape index (κ3) is 5.08. The van der Waals surface area contributed by atoms with Crippen molar-refractivity contribution in [2.24, 2.45) is 0 Å². The van der Waals surface area contributed by atoms with Crippen molar-refractivity contribution in [2.45, 2.75) is 33.4 Å². The fraction of sp³-hybridized carbons (Fsp3) is 0.250. The number of nitrogens with zero attached hydrogens (tertiary/aromatic N) is 2. The molecular weight excluding hydrogens is 378 g/mol. The van der Waals surface area contributed by atoms with Gasteiger partial charge in [0, 0.05) is 30.5 Å². The number of nitrogens with one attached hydrogen (secondary N) is 1. The number of hydrogen-bond acceptors (Lipinski definition) is 3. The van der Waals surface area contributed by atoms with Crippen LogP contribution < -0.4 is 10.2 Å². The molecule has 3 rings (SSSR count). The molecule has 2 amide bonds. The van der Waals surface area contributed by atoms with Gasteiger partial charge in [0.1, 0.15) is 5.75 Å². The predicted octanol–water partition coefficient (Wildman–Crippen LogP) is 3.91. The van der Waals surface area contributed by atoms with Crippen LogP contribution in [0.1, 0.15) is 34.2 Å². The van der Waals surface area contributed by atoms with Gasteiger partial charge in [0.25, 0.3) is 11.8 Å². The van der Waals surface area contributed by atoms with Gasteiger partial charge in [-0.3, -0.25) is 19.7 Å². The van der Waals surface area contributed by atoms with E-state index in [-0.39, 0.29) is 11.8 Å². The number of amides is 2. The van der Waals surface area contributed by atoms with E-state index in [2.05, 4.69) is 5.43 Å². The first kappa shape index (κ1) is 21.2. The highest BCUT2D eigenvalue weighted by molar-refractivity contribution is 6.00. The Labute approximate surface area is 177 Å². The quantitative estimate of drug-likeness (QED) is 0.648. The second-order valence-corrected chi connectivity index (χ2v) is 7.36. The lowest BCUT2D eigenvalue weighted by atomic mass is 10.2. The molecule has 1 aromatic heterocycles. The molecule has 0 aliphatic rings. The van der Waals surface area contributed by atoms with E-state index in [1.165, 1.54) is 0 Å². The van der Waals surface area contributed by atoms with Crippen molar-refractivity contribution in [2.75, 3.05) is 12.5 Å². The molecule has 1 heterocycles. The van der Waals surface area contributed by atoms with E-state index in [4.69, 9.17) is 4.74 Å². The normalized spacial score (nSPS) is 11.6. The van der Waals surface area contributed by atoms with E-state index >= 15 is 0 Å². The summed E-state index contributed by atoms with van der Waals surface area (Å²) < 4.78 is 7.53. The van der Waals surface area contributed by atoms with Gasteiger partial charge in [-0.05, 0) is 62.7 Å². The predicted molar refractivity (Wildman–Crippen MR) is 117 cm³/mol. The van der Waals surface area contributed by atoms with Crippen molar-refractivity contribution in [1.82, 2.24) is 9.58 Å². The lowest BCUT2D eigenvalue weighted by molar-refractivity contribution is -0.137. The Balaban J connectivity index is 1.58. The van der Waals surface area contributed by atoms with E-state index in [9.17, 15) is 9.59 Å². The van der Waals surface area contributed by atoms with Crippen LogP contribution in [0.3, 0.4) is 0 Å². The van der Waals surface area contributed by atoms with Gasteiger partial charge in [0.2, 0.25) is 0 Å². The first-order valence-corrected chi connectivity index (χ1v) is 9.87. The fourth-order valence-electron chi connectivity index (χ4n) is 3.20. The van der Waals surface area contributed by atoms with Crippen LogP contribution in [0.5, 0.6) is 5.75 Å². The summed E-state index contributed by atoms with van der Waals surface area (Å²) in [5, 5.41) is 0. The standard InChI is InChI=1S/C24H27N3O3/c1-17-10-11-18(2)27(17)25-23(28)21-12-14-22(15-13-21)30-19(3)24(29)26(4)16-20-8-6-5-7-9-20/h5-15,19H,16H2,1-4H3,(H,25,28)/t19-/m1/s1. The van der Waals surface area contributed by atoms with Crippen molar-refractivity contribution < 1.29 is 14.3 Å². The Bertz CT molecular complexity index is 990. The van der Waals surface area contributed by atoms with Gasteiger partial charge >= 0.3 is 0 Å². The van der Waals surface area contributed by atoms with Gasteiger partial charge in [-0.15, -0.1) is 0 Å². The number of benzene rings is 2. The molecular formula is C24H27N3O3. The first-order chi connectivity index (χ1) is 14.3. The van der Waals surface area contributed by atoms with E-state index < -0.39 is 6.10 Å². The van der Waals surface area contributed by atoms with Gasteiger partial charge in [0.05, 0.1) is 0 Å². The van der Waals surface area contributed by atoms with Crippen LogP contribution >= 0.6 is 0 Å². The summed E-state index contributed by atoms with van der Waals surface area (Å²) >= 11 is 0. The average molecular weight is 405 g/mol. The average Bonchev–Trinajstić information content (AvgIpc) is 3.06. The van der Waals surface area contributed by atoms with Gasteiger partial charge in [-0.2, -0.15) is 0 Å². The molecule has 0 radical (unpaired) electrons. The zero-order valence-electron chi connectivity index (χ0n) is 17.8. The van der Waals surface area contributed by atoms with E-state index in [0.29, 0.717) is 17.9 Å². The second kappa shape index (κ2) is 9.31.